The van der Waals surface area contributed by atoms with Gasteiger partial charge in [0.05, 0.1) is 18.8 Å². The summed E-state index contributed by atoms with van der Waals surface area (Å²) in [5, 5.41) is 23.2. The van der Waals surface area contributed by atoms with E-state index in [2.05, 4.69) is 141 Å². The molecule has 2 unspecified atom stereocenters. The van der Waals surface area contributed by atoms with E-state index >= 15 is 0 Å². The van der Waals surface area contributed by atoms with Crippen molar-refractivity contribution in [1.29, 1.82) is 0 Å². The molecule has 0 aromatic heterocycles. The molecule has 0 bridgehead atoms. The lowest BCUT2D eigenvalue weighted by atomic mass is 10.0. The first-order valence-corrected chi connectivity index (χ1v) is 31.9. The third kappa shape index (κ3) is 61.3. The van der Waals surface area contributed by atoms with Gasteiger partial charge in [-0.25, -0.2) is 0 Å². The molecule has 2 atom stereocenters. The van der Waals surface area contributed by atoms with E-state index in [4.69, 9.17) is 0 Å². The minimum Gasteiger partial charge on any atom is -0.394 e. The van der Waals surface area contributed by atoms with Crippen molar-refractivity contribution < 1.29 is 15.0 Å². The summed E-state index contributed by atoms with van der Waals surface area (Å²) in [4.78, 5) is 12.5. The van der Waals surface area contributed by atoms with Gasteiger partial charge in [-0.3, -0.25) is 4.79 Å². The molecule has 0 rings (SSSR count). The monoisotopic (exact) mass is 1040 g/mol. The standard InChI is InChI=1S/C71H121NO3/c1-3-5-7-9-11-13-15-17-19-21-23-25-27-29-31-33-35-36-37-39-41-43-45-47-49-51-53-55-57-59-61-63-65-67-71(75)72-69(68-73)70(74)66-64-62-60-58-56-54-52-50-48-46-44-42-40-38-34-32-30-28-26-24-22-20-18-16-14-12-10-8-6-4-2/h5,7,11,13,17,19,23,25,29,31,35-36,39,41,45,47,51,53,57,59,64,66,69-70,73-74H,3-4,6,8-10,12,14-16,18,20-22,24,26-28,30,32-34,37-38,40,42-44,46,48-50,52,54-56,58,60-63,65,67-68H2,1-2H3,(H,72,75)/b7-5-,13-11-,19-17-,25-23-,31-29-,36-35-,41-39-,47-45-,53-51-,59-57-,66-64+. The lowest BCUT2D eigenvalue weighted by molar-refractivity contribution is -0.123. The highest BCUT2D eigenvalue weighted by atomic mass is 16.3. The van der Waals surface area contributed by atoms with Crippen molar-refractivity contribution in [2.75, 3.05) is 6.61 Å². The molecule has 0 saturated heterocycles. The zero-order valence-corrected chi connectivity index (χ0v) is 49.3. The van der Waals surface area contributed by atoms with Crippen molar-refractivity contribution in [1.82, 2.24) is 5.32 Å². The molecule has 4 nitrogen and oxygen atoms in total. The van der Waals surface area contributed by atoms with Crippen molar-refractivity contribution in [3.8, 4) is 0 Å². The minimum atomic E-state index is -0.870. The third-order valence-electron chi connectivity index (χ3n) is 13.9. The van der Waals surface area contributed by atoms with Gasteiger partial charge in [0.1, 0.15) is 0 Å². The van der Waals surface area contributed by atoms with Crippen LogP contribution in [-0.4, -0.2) is 34.9 Å². The molecular formula is C71H121NO3. The summed E-state index contributed by atoms with van der Waals surface area (Å²) in [5.74, 6) is -0.109. The molecule has 0 aromatic carbocycles. The highest BCUT2D eigenvalue weighted by Gasteiger charge is 2.18. The lowest BCUT2D eigenvalue weighted by Crippen LogP contribution is -2.45. The van der Waals surface area contributed by atoms with Crippen LogP contribution in [0.3, 0.4) is 0 Å². The van der Waals surface area contributed by atoms with Gasteiger partial charge in [0, 0.05) is 6.42 Å². The molecule has 428 valence electrons. The number of hydrogen-bond donors (Lipinski definition) is 3. The number of amides is 1. The summed E-state index contributed by atoms with van der Waals surface area (Å²) in [6.07, 6.45) is 101. The van der Waals surface area contributed by atoms with E-state index in [1.807, 2.05) is 6.08 Å². The largest absolute Gasteiger partial charge is 0.394 e. The van der Waals surface area contributed by atoms with Gasteiger partial charge in [-0.1, -0.05) is 321 Å². The van der Waals surface area contributed by atoms with Crippen molar-refractivity contribution in [3.05, 3.63) is 134 Å². The molecule has 3 N–H and O–H groups in total. The molecule has 0 saturated carbocycles. The first-order valence-electron chi connectivity index (χ1n) is 31.9. The van der Waals surface area contributed by atoms with Crippen LogP contribution < -0.4 is 5.32 Å². The van der Waals surface area contributed by atoms with E-state index in [0.29, 0.717) is 6.42 Å². The summed E-state index contributed by atoms with van der Waals surface area (Å²) in [7, 11) is 0. The van der Waals surface area contributed by atoms with Gasteiger partial charge in [0.25, 0.3) is 0 Å². The Balaban J connectivity index is 3.63. The maximum atomic E-state index is 12.5. The molecule has 0 spiro atoms. The third-order valence-corrected chi connectivity index (χ3v) is 13.9. The highest BCUT2D eigenvalue weighted by Crippen LogP contribution is 2.17. The van der Waals surface area contributed by atoms with Gasteiger partial charge in [0.15, 0.2) is 0 Å². The zero-order chi connectivity index (χ0) is 54.1. The fraction of sp³-hybridized carbons (Fsp3) is 0.676. The number of rotatable bonds is 57. The predicted octanol–water partition coefficient (Wildman–Crippen LogP) is 21.8. The molecule has 0 aliphatic carbocycles. The van der Waals surface area contributed by atoms with Crippen LogP contribution in [0.25, 0.3) is 0 Å². The number of carbonyl (C=O) groups is 1. The molecule has 75 heavy (non-hydrogen) atoms. The average molecular weight is 1040 g/mol. The van der Waals surface area contributed by atoms with Crippen LogP contribution >= 0.6 is 0 Å². The van der Waals surface area contributed by atoms with Gasteiger partial charge >= 0.3 is 0 Å². The Labute approximate surface area is 466 Å². The minimum absolute atomic E-state index is 0.109. The molecular weight excluding hydrogens is 915 g/mol. The van der Waals surface area contributed by atoms with Gasteiger partial charge in [-0.05, 0) is 96.3 Å². The normalized spacial score (nSPS) is 13.7. The fourth-order valence-electron chi connectivity index (χ4n) is 9.09. The van der Waals surface area contributed by atoms with Crippen LogP contribution in [0, 0.1) is 0 Å². The topological polar surface area (TPSA) is 69.6 Å². The Morgan fingerprint density at radius 3 is 0.880 bits per heavy atom. The number of hydrogen-bond acceptors (Lipinski definition) is 3. The van der Waals surface area contributed by atoms with Crippen molar-refractivity contribution in [3.63, 3.8) is 0 Å². The number of unbranched alkanes of at least 4 members (excludes halogenated alkanes) is 30. The Bertz CT molecular complexity index is 1500. The molecule has 1 amide bonds. The second-order valence-electron chi connectivity index (χ2n) is 21.1. The van der Waals surface area contributed by atoms with E-state index < -0.39 is 12.1 Å². The summed E-state index contributed by atoms with van der Waals surface area (Å²) in [6, 6.07) is -0.658. The molecule has 0 aliphatic rings. The maximum absolute atomic E-state index is 12.5. The quantitative estimate of drug-likeness (QED) is 0.0420. The molecule has 0 fully saturated rings. The van der Waals surface area contributed by atoms with Crippen molar-refractivity contribution >= 4 is 5.91 Å². The summed E-state index contributed by atoms with van der Waals surface area (Å²) < 4.78 is 0. The van der Waals surface area contributed by atoms with Crippen molar-refractivity contribution in [2.24, 2.45) is 0 Å². The van der Waals surface area contributed by atoms with E-state index in [1.54, 1.807) is 6.08 Å². The van der Waals surface area contributed by atoms with E-state index in [0.717, 1.165) is 96.3 Å². The summed E-state index contributed by atoms with van der Waals surface area (Å²) >= 11 is 0. The zero-order valence-electron chi connectivity index (χ0n) is 49.3. The molecule has 0 aliphatic heterocycles. The number of carbonyl (C=O) groups excluding carboxylic acids is 1. The Hall–Kier alpha value is -3.47. The Kier molecular flexibility index (Phi) is 61.8. The summed E-state index contributed by atoms with van der Waals surface area (Å²) in [5.41, 5.74) is 0. The van der Waals surface area contributed by atoms with E-state index in [-0.39, 0.29) is 12.5 Å². The van der Waals surface area contributed by atoms with Crippen LogP contribution in [-0.2, 0) is 4.79 Å². The predicted molar refractivity (Wildman–Crippen MR) is 335 cm³/mol. The second-order valence-corrected chi connectivity index (χ2v) is 21.1. The maximum Gasteiger partial charge on any atom is 0.220 e. The van der Waals surface area contributed by atoms with Crippen LogP contribution in [0.15, 0.2) is 134 Å². The van der Waals surface area contributed by atoms with Crippen LogP contribution in [0.4, 0.5) is 0 Å². The van der Waals surface area contributed by atoms with Gasteiger partial charge in [-0.2, -0.15) is 0 Å². The fourth-order valence-corrected chi connectivity index (χ4v) is 9.09. The molecule has 0 radical (unpaired) electrons. The highest BCUT2D eigenvalue weighted by molar-refractivity contribution is 5.76. The Morgan fingerprint density at radius 1 is 0.333 bits per heavy atom. The van der Waals surface area contributed by atoms with Crippen LogP contribution in [0.1, 0.15) is 290 Å². The van der Waals surface area contributed by atoms with Gasteiger partial charge in [-0.15, -0.1) is 0 Å². The smallest absolute Gasteiger partial charge is 0.220 e. The van der Waals surface area contributed by atoms with Crippen LogP contribution in [0.2, 0.25) is 0 Å². The van der Waals surface area contributed by atoms with Gasteiger partial charge < -0.3 is 15.5 Å². The second kappa shape index (κ2) is 64.8. The SMILES string of the molecule is CC/C=C\C/C=C\C/C=C\C/C=C\C/C=C\C/C=C\C/C=C\C/C=C\C/C=C\C/C=C\CCCCC(=O)NC(CO)C(O)/C=C/CCCCCCCCCCCCCCCCCCCCCCCCCCCCCC. The number of nitrogens with one attached hydrogen (secondary N) is 1. The molecule has 4 heteroatoms. The van der Waals surface area contributed by atoms with Crippen LogP contribution in [0.5, 0.6) is 0 Å². The number of allylic oxidation sites excluding steroid dienone is 21. The van der Waals surface area contributed by atoms with E-state index in [9.17, 15) is 15.0 Å². The number of aliphatic hydroxyl groups is 2. The molecule has 0 aromatic rings. The van der Waals surface area contributed by atoms with Crippen molar-refractivity contribution in [2.45, 2.75) is 302 Å². The first kappa shape index (κ1) is 71.5. The number of aliphatic hydroxyl groups excluding tert-OH is 2. The molecule has 0 heterocycles. The average Bonchev–Trinajstić information content (AvgIpc) is 3.41. The van der Waals surface area contributed by atoms with E-state index in [1.165, 1.54) is 173 Å². The summed E-state index contributed by atoms with van der Waals surface area (Å²) in [6.45, 7) is 4.19. The Morgan fingerprint density at radius 2 is 0.587 bits per heavy atom. The van der Waals surface area contributed by atoms with Gasteiger partial charge in [0.2, 0.25) is 5.91 Å². The first-order chi connectivity index (χ1) is 37.2. The lowest BCUT2D eigenvalue weighted by Gasteiger charge is -2.19.